The van der Waals surface area contributed by atoms with Gasteiger partial charge in [0.25, 0.3) is 0 Å². The van der Waals surface area contributed by atoms with Gasteiger partial charge in [-0.15, -0.1) is 0 Å². The maximum atomic E-state index is 8.91. The highest BCUT2D eigenvalue weighted by atomic mass is 16.3. The molecular formula is C11H21NO. The Balaban J connectivity index is 2.03. The first kappa shape index (κ1) is 9.47. The lowest BCUT2D eigenvalue weighted by Gasteiger charge is -2.61. The van der Waals surface area contributed by atoms with Gasteiger partial charge in [-0.05, 0) is 42.4 Å². The Morgan fingerprint density at radius 1 is 1.38 bits per heavy atom. The number of aliphatic hydroxyl groups is 1. The average molecular weight is 183 g/mol. The van der Waals surface area contributed by atoms with Gasteiger partial charge in [0.2, 0.25) is 0 Å². The molecule has 3 fully saturated rings. The van der Waals surface area contributed by atoms with E-state index in [0.717, 1.165) is 12.3 Å². The van der Waals surface area contributed by atoms with Crippen LogP contribution in [0, 0.1) is 23.2 Å². The van der Waals surface area contributed by atoms with Crippen molar-refractivity contribution in [3.63, 3.8) is 0 Å². The second kappa shape index (κ2) is 2.96. The fourth-order valence-electron chi connectivity index (χ4n) is 3.44. The van der Waals surface area contributed by atoms with Gasteiger partial charge in [0, 0.05) is 12.6 Å². The SMILES string of the molecule is CC1(C)[C@@H]2C[C@H](CCO)C(N)[C@H]1C2. The van der Waals surface area contributed by atoms with Gasteiger partial charge in [-0.1, -0.05) is 13.8 Å². The fourth-order valence-corrected chi connectivity index (χ4v) is 3.44. The molecule has 0 heterocycles. The molecule has 13 heavy (non-hydrogen) atoms. The minimum atomic E-state index is 0.304. The van der Waals surface area contributed by atoms with Crippen LogP contribution in [0.5, 0.6) is 0 Å². The predicted molar refractivity (Wildman–Crippen MR) is 53.2 cm³/mol. The molecule has 0 amide bonds. The summed E-state index contributed by atoms with van der Waals surface area (Å²) in [4.78, 5) is 0. The van der Waals surface area contributed by atoms with Gasteiger partial charge in [-0.25, -0.2) is 0 Å². The quantitative estimate of drug-likeness (QED) is 0.679. The molecule has 0 radical (unpaired) electrons. The number of hydrogen-bond acceptors (Lipinski definition) is 2. The van der Waals surface area contributed by atoms with Crippen molar-refractivity contribution in [3.05, 3.63) is 0 Å². The van der Waals surface area contributed by atoms with Crippen molar-refractivity contribution < 1.29 is 5.11 Å². The van der Waals surface area contributed by atoms with Gasteiger partial charge in [-0.2, -0.15) is 0 Å². The molecule has 0 aromatic heterocycles. The summed E-state index contributed by atoms with van der Waals surface area (Å²) in [6, 6.07) is 0.340. The Morgan fingerprint density at radius 2 is 2.08 bits per heavy atom. The van der Waals surface area contributed by atoms with E-state index in [0.29, 0.717) is 29.9 Å². The van der Waals surface area contributed by atoms with E-state index in [4.69, 9.17) is 10.8 Å². The van der Waals surface area contributed by atoms with Crippen molar-refractivity contribution in [3.8, 4) is 0 Å². The molecule has 3 N–H and O–H groups in total. The standard InChI is InChI=1S/C11H21NO/c1-11(2)8-5-7(3-4-13)10(12)9(11)6-8/h7-10,13H,3-6,12H2,1-2H3/t7-,8+,9+,10?/m0/s1. The van der Waals surface area contributed by atoms with Crippen LogP contribution >= 0.6 is 0 Å². The van der Waals surface area contributed by atoms with Crippen LogP contribution in [0.25, 0.3) is 0 Å². The molecule has 0 aliphatic heterocycles. The smallest absolute Gasteiger partial charge is 0.0434 e. The summed E-state index contributed by atoms with van der Waals surface area (Å²) in [5.74, 6) is 2.17. The van der Waals surface area contributed by atoms with Crippen LogP contribution in [0.4, 0.5) is 0 Å². The Kier molecular flexibility index (Phi) is 2.16. The molecule has 76 valence electrons. The fraction of sp³-hybridized carbons (Fsp3) is 1.00. The van der Waals surface area contributed by atoms with Gasteiger partial charge in [0.05, 0.1) is 0 Å². The molecule has 0 aromatic carbocycles. The van der Waals surface area contributed by atoms with Gasteiger partial charge in [-0.3, -0.25) is 0 Å². The van der Waals surface area contributed by atoms with Crippen LogP contribution in [0.15, 0.2) is 0 Å². The first-order chi connectivity index (χ1) is 6.07. The Bertz CT molecular complexity index is 202. The molecule has 4 atom stereocenters. The van der Waals surface area contributed by atoms with Gasteiger partial charge in [0.15, 0.2) is 0 Å². The molecule has 2 bridgehead atoms. The highest BCUT2D eigenvalue weighted by molar-refractivity contribution is 5.07. The lowest BCUT2D eigenvalue weighted by molar-refractivity contribution is -0.107. The van der Waals surface area contributed by atoms with E-state index in [1.807, 2.05) is 0 Å². The van der Waals surface area contributed by atoms with Crippen LogP contribution in [0.3, 0.4) is 0 Å². The summed E-state index contributed by atoms with van der Waals surface area (Å²) >= 11 is 0. The minimum Gasteiger partial charge on any atom is -0.396 e. The molecule has 0 saturated heterocycles. The van der Waals surface area contributed by atoms with E-state index in [9.17, 15) is 0 Å². The molecule has 2 nitrogen and oxygen atoms in total. The molecule has 2 heteroatoms. The monoisotopic (exact) mass is 183 g/mol. The van der Waals surface area contributed by atoms with Crippen molar-refractivity contribution in [2.75, 3.05) is 6.61 Å². The highest BCUT2D eigenvalue weighted by Crippen LogP contribution is 2.60. The van der Waals surface area contributed by atoms with Crippen molar-refractivity contribution >= 4 is 0 Å². The molecule has 1 unspecified atom stereocenters. The van der Waals surface area contributed by atoms with Crippen molar-refractivity contribution in [2.45, 2.75) is 39.2 Å². The summed E-state index contributed by atoms with van der Waals surface area (Å²) < 4.78 is 0. The number of fused-ring (bicyclic) bond motifs is 2. The zero-order valence-corrected chi connectivity index (χ0v) is 8.66. The number of hydrogen-bond donors (Lipinski definition) is 2. The molecule has 3 saturated carbocycles. The number of nitrogens with two attached hydrogens (primary N) is 1. The van der Waals surface area contributed by atoms with Gasteiger partial charge < -0.3 is 10.8 Å². The van der Waals surface area contributed by atoms with E-state index < -0.39 is 0 Å². The second-order valence-electron chi connectivity index (χ2n) is 5.45. The Hall–Kier alpha value is -0.0800. The molecule has 0 spiro atoms. The summed E-state index contributed by atoms with van der Waals surface area (Å²) in [6.07, 6.45) is 3.48. The zero-order chi connectivity index (χ0) is 9.64. The summed E-state index contributed by atoms with van der Waals surface area (Å²) in [6.45, 7) is 5.00. The zero-order valence-electron chi connectivity index (χ0n) is 8.66. The average Bonchev–Trinajstić information content (AvgIpc) is 2.08. The van der Waals surface area contributed by atoms with Crippen molar-refractivity contribution in [1.82, 2.24) is 0 Å². The lowest BCUT2D eigenvalue weighted by atomic mass is 9.45. The van der Waals surface area contributed by atoms with E-state index >= 15 is 0 Å². The lowest BCUT2D eigenvalue weighted by Crippen LogP contribution is -2.61. The molecule has 3 aliphatic carbocycles. The molecular weight excluding hydrogens is 162 g/mol. The third-order valence-corrected chi connectivity index (χ3v) is 4.64. The molecule has 0 aromatic rings. The maximum absolute atomic E-state index is 8.91. The summed E-state index contributed by atoms with van der Waals surface area (Å²) in [7, 11) is 0. The van der Waals surface area contributed by atoms with Gasteiger partial charge in [0.1, 0.15) is 0 Å². The number of aliphatic hydroxyl groups excluding tert-OH is 1. The van der Waals surface area contributed by atoms with Crippen LogP contribution in [0.1, 0.15) is 33.1 Å². The summed E-state index contributed by atoms with van der Waals surface area (Å²) in [5.41, 5.74) is 6.69. The predicted octanol–water partition coefficient (Wildman–Crippen LogP) is 1.38. The normalized spacial score (nSPS) is 47.1. The van der Waals surface area contributed by atoms with Crippen LogP contribution in [0.2, 0.25) is 0 Å². The third kappa shape index (κ3) is 1.23. The Labute approximate surface area is 80.5 Å². The van der Waals surface area contributed by atoms with E-state index in [-0.39, 0.29) is 0 Å². The van der Waals surface area contributed by atoms with E-state index in [1.165, 1.54) is 12.8 Å². The molecule has 3 rings (SSSR count). The van der Waals surface area contributed by atoms with E-state index in [1.54, 1.807) is 0 Å². The minimum absolute atomic E-state index is 0.304. The maximum Gasteiger partial charge on any atom is 0.0434 e. The van der Waals surface area contributed by atoms with Crippen molar-refractivity contribution in [1.29, 1.82) is 0 Å². The third-order valence-electron chi connectivity index (χ3n) is 4.64. The number of rotatable bonds is 2. The first-order valence-electron chi connectivity index (χ1n) is 5.43. The molecule has 3 aliphatic rings. The second-order valence-corrected chi connectivity index (χ2v) is 5.45. The van der Waals surface area contributed by atoms with Crippen LogP contribution in [-0.4, -0.2) is 17.8 Å². The van der Waals surface area contributed by atoms with E-state index in [2.05, 4.69) is 13.8 Å². The Morgan fingerprint density at radius 3 is 2.54 bits per heavy atom. The van der Waals surface area contributed by atoms with Gasteiger partial charge >= 0.3 is 0 Å². The largest absolute Gasteiger partial charge is 0.396 e. The van der Waals surface area contributed by atoms with Crippen molar-refractivity contribution in [2.24, 2.45) is 28.9 Å². The van der Waals surface area contributed by atoms with Crippen LogP contribution in [-0.2, 0) is 0 Å². The van der Waals surface area contributed by atoms with Crippen LogP contribution < -0.4 is 5.73 Å². The highest BCUT2D eigenvalue weighted by Gasteiger charge is 2.56. The topological polar surface area (TPSA) is 46.2 Å². The summed E-state index contributed by atoms with van der Waals surface area (Å²) in [5, 5.41) is 8.91. The first-order valence-corrected chi connectivity index (χ1v) is 5.43.